The van der Waals surface area contributed by atoms with Gasteiger partial charge in [0.1, 0.15) is 17.7 Å². The Hall–Kier alpha value is -7.30. The number of imidazole rings is 1. The lowest BCUT2D eigenvalue weighted by Gasteiger charge is -2.34. The molecule has 1 atom stereocenters. The second-order valence-electron chi connectivity index (χ2n) is 13.6. The van der Waals surface area contributed by atoms with Gasteiger partial charge < -0.3 is 41.0 Å². The normalized spacial score (nSPS) is 14.0. The molecule has 0 saturated carbocycles. The van der Waals surface area contributed by atoms with Crippen molar-refractivity contribution in [3.8, 4) is 6.07 Å². The van der Waals surface area contributed by atoms with Gasteiger partial charge in [0.2, 0.25) is 29.6 Å². The molecule has 6 N–H and O–H groups in total. The number of hydrogen-bond donors (Lipinski definition) is 6. The summed E-state index contributed by atoms with van der Waals surface area (Å²) in [5.74, 6) is -0.641. The van der Waals surface area contributed by atoms with Gasteiger partial charge in [0.25, 0.3) is 5.91 Å². The number of methoxy groups -OCH3 is 1. The lowest BCUT2D eigenvalue weighted by atomic mass is 10.0. The molecular formula is C41H45FN14O4. The first-order chi connectivity index (χ1) is 29.1. The zero-order valence-electron chi connectivity index (χ0n) is 33.2. The molecule has 3 heterocycles. The number of nitriles is 1. The Balaban J connectivity index is 1.20. The van der Waals surface area contributed by atoms with E-state index < -0.39 is 23.6 Å². The van der Waals surface area contributed by atoms with Gasteiger partial charge >= 0.3 is 0 Å². The van der Waals surface area contributed by atoms with Gasteiger partial charge in [-0.3, -0.25) is 19.5 Å². The van der Waals surface area contributed by atoms with Gasteiger partial charge in [-0.15, -0.1) is 0 Å². The van der Waals surface area contributed by atoms with Crippen molar-refractivity contribution in [2.45, 2.75) is 32.5 Å². The number of hydrogen-bond acceptors (Lipinski definition) is 15. The van der Waals surface area contributed by atoms with Crippen molar-refractivity contribution in [1.82, 2.24) is 40.0 Å². The molecule has 60 heavy (non-hydrogen) atoms. The average Bonchev–Trinajstić information content (AvgIpc) is 3.66. The number of aliphatic hydroxyl groups excluding tert-OH is 1. The van der Waals surface area contributed by atoms with E-state index in [0.717, 1.165) is 11.1 Å². The van der Waals surface area contributed by atoms with Gasteiger partial charge in [-0.2, -0.15) is 20.2 Å². The van der Waals surface area contributed by atoms with E-state index in [9.17, 15) is 24.3 Å². The SMILES string of the molecule is C=N/C(C(=O)N1CCN(Cc2cccc(Nc3nc(NCc4nc5cc(F)ccc5[nH]4)nc(N[C@@H](Cc4ccc(C#N)cc4)C(=O)NCCOC)n3)c2)CC1)=C(O)\N=C/C. The monoisotopic (exact) mass is 816 g/mol. The molecule has 0 spiro atoms. The molecule has 1 aliphatic heterocycles. The number of aliphatic hydroxyl groups is 1. The summed E-state index contributed by atoms with van der Waals surface area (Å²) >= 11 is 0. The van der Waals surface area contributed by atoms with Crippen LogP contribution < -0.4 is 21.3 Å². The smallest absolute Gasteiger partial charge is 0.278 e. The maximum absolute atomic E-state index is 13.9. The molecule has 310 valence electrons. The molecular weight excluding hydrogens is 772 g/mol. The number of anilines is 4. The highest BCUT2D eigenvalue weighted by Gasteiger charge is 2.26. The maximum atomic E-state index is 13.9. The zero-order valence-corrected chi connectivity index (χ0v) is 33.2. The maximum Gasteiger partial charge on any atom is 0.278 e. The molecule has 18 nitrogen and oxygen atoms in total. The molecule has 1 saturated heterocycles. The number of fused-ring (bicyclic) bond motifs is 1. The lowest BCUT2D eigenvalue weighted by molar-refractivity contribution is -0.129. The van der Waals surface area contributed by atoms with E-state index in [1.54, 1.807) is 49.3 Å². The number of nitrogens with zero attached hydrogens (tertiary/aromatic N) is 9. The van der Waals surface area contributed by atoms with Crippen molar-refractivity contribution in [3.63, 3.8) is 0 Å². The first-order valence-corrected chi connectivity index (χ1v) is 19.1. The molecule has 3 aromatic carbocycles. The van der Waals surface area contributed by atoms with Crippen LogP contribution in [0, 0.1) is 17.1 Å². The first kappa shape index (κ1) is 42.3. The number of ether oxygens (including phenoxy) is 1. The molecule has 2 aromatic heterocycles. The summed E-state index contributed by atoms with van der Waals surface area (Å²) in [5.41, 5.74) is 3.94. The molecule has 0 radical (unpaired) electrons. The summed E-state index contributed by atoms with van der Waals surface area (Å²) in [6.07, 6.45) is 1.62. The van der Waals surface area contributed by atoms with Crippen LogP contribution in [-0.2, 0) is 33.8 Å². The topological polar surface area (TPSA) is 234 Å². The third-order valence-electron chi connectivity index (χ3n) is 9.36. The average molecular weight is 817 g/mol. The number of carbonyl (C=O) groups is 2. The quantitative estimate of drug-likeness (QED) is 0.0317. The predicted molar refractivity (Wildman–Crippen MR) is 225 cm³/mol. The van der Waals surface area contributed by atoms with Gasteiger partial charge in [-0.05, 0) is 61.2 Å². The van der Waals surface area contributed by atoms with E-state index in [2.05, 4.69) is 73.9 Å². The second kappa shape index (κ2) is 20.4. The molecule has 0 bridgehead atoms. The van der Waals surface area contributed by atoms with Crippen molar-refractivity contribution < 1.29 is 23.8 Å². The van der Waals surface area contributed by atoms with E-state index >= 15 is 0 Å². The van der Waals surface area contributed by atoms with Crippen LogP contribution >= 0.6 is 0 Å². The van der Waals surface area contributed by atoms with E-state index in [4.69, 9.17) is 4.74 Å². The Bertz CT molecular complexity index is 2400. The Labute approximate surface area is 345 Å². The summed E-state index contributed by atoms with van der Waals surface area (Å²) in [7, 11) is 1.55. The first-order valence-electron chi connectivity index (χ1n) is 19.1. The van der Waals surface area contributed by atoms with Crippen molar-refractivity contribution in [3.05, 3.63) is 107 Å². The number of H-pyrrole nitrogens is 1. The number of amides is 2. The van der Waals surface area contributed by atoms with E-state index in [0.29, 0.717) is 67.4 Å². The Morgan fingerprint density at radius 1 is 1.03 bits per heavy atom. The van der Waals surface area contributed by atoms with E-state index in [1.165, 1.54) is 18.3 Å². The van der Waals surface area contributed by atoms with Crippen molar-refractivity contribution in [1.29, 1.82) is 5.26 Å². The molecule has 19 heteroatoms. The van der Waals surface area contributed by atoms with Crippen molar-refractivity contribution >= 4 is 59.3 Å². The van der Waals surface area contributed by atoms with Crippen LogP contribution in [-0.4, -0.2) is 117 Å². The van der Waals surface area contributed by atoms with Crippen LogP contribution in [0.2, 0.25) is 0 Å². The number of aliphatic imine (C=N–C) groups is 2. The summed E-state index contributed by atoms with van der Waals surface area (Å²) in [5, 5.41) is 31.9. The zero-order chi connectivity index (χ0) is 42.4. The number of carbonyl (C=O) groups excluding carboxylic acids is 2. The minimum Gasteiger partial charge on any atom is -0.492 e. The largest absolute Gasteiger partial charge is 0.492 e. The number of nitrogens with one attached hydrogen (secondary N) is 5. The van der Waals surface area contributed by atoms with E-state index in [-0.39, 0.29) is 49.0 Å². The molecule has 2 amide bonds. The molecule has 1 fully saturated rings. The van der Waals surface area contributed by atoms with Gasteiger partial charge in [-0.1, -0.05) is 24.3 Å². The third kappa shape index (κ3) is 11.4. The van der Waals surface area contributed by atoms with Gasteiger partial charge in [0.05, 0.1) is 35.8 Å². The molecule has 1 aliphatic rings. The Morgan fingerprint density at radius 3 is 2.53 bits per heavy atom. The molecule has 5 aromatic rings. The summed E-state index contributed by atoms with van der Waals surface area (Å²) in [4.78, 5) is 59.3. The fourth-order valence-electron chi connectivity index (χ4n) is 6.38. The number of aromatic amines is 1. The van der Waals surface area contributed by atoms with Crippen LogP contribution in [0.15, 0.2) is 88.3 Å². The van der Waals surface area contributed by atoms with Crippen LogP contribution in [0.1, 0.15) is 29.4 Å². The van der Waals surface area contributed by atoms with Crippen LogP contribution in [0.4, 0.5) is 27.9 Å². The van der Waals surface area contributed by atoms with E-state index in [1.807, 2.05) is 24.3 Å². The fourth-order valence-corrected chi connectivity index (χ4v) is 6.38. The van der Waals surface area contributed by atoms with Crippen LogP contribution in [0.5, 0.6) is 0 Å². The summed E-state index contributed by atoms with van der Waals surface area (Å²) in [6, 6.07) is 20.3. The predicted octanol–water partition coefficient (Wildman–Crippen LogP) is 4.06. The summed E-state index contributed by atoms with van der Waals surface area (Å²) in [6.45, 7) is 8.44. The van der Waals surface area contributed by atoms with Crippen LogP contribution in [0.25, 0.3) is 11.0 Å². The van der Waals surface area contributed by atoms with Gasteiger partial charge in [0.15, 0.2) is 5.70 Å². The Kier molecular flexibility index (Phi) is 14.4. The second-order valence-corrected chi connectivity index (χ2v) is 13.6. The highest BCUT2D eigenvalue weighted by Crippen LogP contribution is 2.21. The minimum absolute atomic E-state index is 0.102. The molecule has 6 rings (SSSR count). The molecule has 0 unspecified atom stereocenters. The third-order valence-corrected chi connectivity index (χ3v) is 9.36. The number of benzene rings is 3. The minimum atomic E-state index is -0.826. The fraction of sp³-hybridized carbons (Fsp3) is 0.293. The number of aromatic nitrogens is 5. The van der Waals surface area contributed by atoms with Crippen LogP contribution in [0.3, 0.4) is 0 Å². The number of rotatable bonds is 18. The van der Waals surface area contributed by atoms with Crippen molar-refractivity contribution in [2.24, 2.45) is 9.98 Å². The van der Waals surface area contributed by atoms with Gasteiger partial charge in [-0.25, -0.2) is 14.4 Å². The highest BCUT2D eigenvalue weighted by molar-refractivity contribution is 5.94. The van der Waals surface area contributed by atoms with Crippen molar-refractivity contribution in [2.75, 3.05) is 62.4 Å². The Morgan fingerprint density at radius 2 is 1.80 bits per heavy atom. The molecule has 0 aliphatic carbocycles. The summed E-state index contributed by atoms with van der Waals surface area (Å²) < 4.78 is 19.0. The standard InChI is InChI=1S/C41H45FN14O4/c1-4-45-37(58)35(44-2)38(59)56-17-15-55(16-18-56)25-28-6-5-7-30(20-28)48-40-52-39(47-24-34-49-31-13-12-29(42)22-32(31)50-34)53-41(54-40)51-33(36(57)46-14-19-60-3)21-26-8-10-27(23-43)11-9-26/h4-13,20,22,33,58H,2,14-19,21,24-25H2,1,3H3,(H,46,57)(H,49,50)(H3,47,48,51,52,53,54)/b37-35+,45-4-/t33-/m0/s1. The highest BCUT2D eigenvalue weighted by atomic mass is 19.1. The number of piperazine rings is 1. The van der Waals surface area contributed by atoms with Gasteiger partial charge in [0, 0.05) is 70.8 Å². The number of halogens is 1. The lowest BCUT2D eigenvalue weighted by Crippen LogP contribution is -2.48.